The number of aryl methyl sites for hydroxylation is 1. The van der Waals surface area contributed by atoms with Crippen LogP contribution in [-0.4, -0.2) is 6.29 Å². The number of benzene rings is 1. The number of rotatable bonds is 2. The van der Waals surface area contributed by atoms with E-state index in [1.165, 1.54) is 6.26 Å². The number of alkyl halides is 1. The lowest BCUT2D eigenvalue weighted by Crippen LogP contribution is -2.09. The number of halogens is 1. The van der Waals surface area contributed by atoms with Gasteiger partial charge in [0, 0.05) is 5.56 Å². The number of carbonyl (C=O) groups excluding carboxylic acids is 1. The summed E-state index contributed by atoms with van der Waals surface area (Å²) in [4.78, 5) is 22.6. The molecule has 0 bridgehead atoms. The highest BCUT2D eigenvalue weighted by atomic mass is 35.5. The lowest BCUT2D eigenvalue weighted by molar-refractivity contribution is 0.112. The maximum atomic E-state index is 12.0. The summed E-state index contributed by atoms with van der Waals surface area (Å²) in [5.41, 5.74) is 2.96. The molecule has 1 aromatic heterocycles. The maximum absolute atomic E-state index is 12.0. The van der Waals surface area contributed by atoms with Crippen LogP contribution >= 0.6 is 11.6 Å². The van der Waals surface area contributed by atoms with Crippen molar-refractivity contribution in [2.24, 2.45) is 0 Å². The van der Waals surface area contributed by atoms with Crippen LogP contribution in [0.1, 0.15) is 27.0 Å². The van der Waals surface area contributed by atoms with E-state index >= 15 is 0 Å². The Bertz CT molecular complexity index is 656. The third-order valence-electron chi connectivity index (χ3n) is 2.99. The summed E-state index contributed by atoms with van der Waals surface area (Å²) >= 11 is 5.88. The third kappa shape index (κ3) is 1.76. The predicted octanol–water partition coefficient (Wildman–Crippen LogP) is 2.96. The van der Waals surface area contributed by atoms with Crippen molar-refractivity contribution in [1.82, 2.24) is 0 Å². The first-order chi connectivity index (χ1) is 8.10. The Balaban J connectivity index is 3.00. The van der Waals surface area contributed by atoms with Crippen molar-refractivity contribution in [1.29, 1.82) is 0 Å². The molecule has 1 heterocycles. The van der Waals surface area contributed by atoms with Gasteiger partial charge in [0.2, 0.25) is 5.43 Å². The Hall–Kier alpha value is -1.61. The van der Waals surface area contributed by atoms with Gasteiger partial charge in [-0.25, -0.2) is 0 Å². The molecule has 0 N–H and O–H groups in total. The molecule has 0 saturated heterocycles. The van der Waals surface area contributed by atoms with Gasteiger partial charge in [-0.2, -0.15) is 0 Å². The van der Waals surface area contributed by atoms with Gasteiger partial charge in [-0.05, 0) is 31.0 Å². The van der Waals surface area contributed by atoms with Crippen LogP contribution in [0.25, 0.3) is 11.0 Å². The van der Waals surface area contributed by atoms with Gasteiger partial charge >= 0.3 is 0 Å². The van der Waals surface area contributed by atoms with E-state index in [0.29, 0.717) is 17.3 Å². The summed E-state index contributed by atoms with van der Waals surface area (Å²) in [5.74, 6) is 0.271. The van der Waals surface area contributed by atoms with E-state index in [4.69, 9.17) is 16.0 Å². The number of carbonyl (C=O) groups is 1. The van der Waals surface area contributed by atoms with Crippen molar-refractivity contribution in [3.8, 4) is 0 Å². The standard InChI is InChI=1S/C13H11ClO3/c1-7-3-10-12(16)9(5-15)6-17-13(10)11(4-14)8(7)2/h3,5-6H,4H2,1-2H3. The molecule has 0 saturated carbocycles. The van der Waals surface area contributed by atoms with Gasteiger partial charge < -0.3 is 4.42 Å². The highest BCUT2D eigenvalue weighted by Gasteiger charge is 2.13. The Morgan fingerprint density at radius 1 is 1.41 bits per heavy atom. The normalized spacial score (nSPS) is 10.8. The van der Waals surface area contributed by atoms with E-state index in [0.717, 1.165) is 16.7 Å². The largest absolute Gasteiger partial charge is 0.463 e. The van der Waals surface area contributed by atoms with Gasteiger partial charge in [-0.15, -0.1) is 11.6 Å². The zero-order valence-corrected chi connectivity index (χ0v) is 10.3. The van der Waals surface area contributed by atoms with Crippen molar-refractivity contribution in [3.05, 3.63) is 44.8 Å². The molecule has 4 heteroatoms. The van der Waals surface area contributed by atoms with Crippen LogP contribution in [0.2, 0.25) is 0 Å². The van der Waals surface area contributed by atoms with Gasteiger partial charge in [0.25, 0.3) is 0 Å². The van der Waals surface area contributed by atoms with Crippen LogP contribution < -0.4 is 5.43 Å². The minimum atomic E-state index is -0.310. The minimum Gasteiger partial charge on any atom is -0.463 e. The molecule has 0 amide bonds. The van der Waals surface area contributed by atoms with E-state index in [-0.39, 0.29) is 16.9 Å². The first kappa shape index (κ1) is 11.9. The molecule has 0 atom stereocenters. The number of hydrogen-bond donors (Lipinski definition) is 0. The van der Waals surface area contributed by atoms with Gasteiger partial charge in [-0.1, -0.05) is 0 Å². The highest BCUT2D eigenvalue weighted by molar-refractivity contribution is 6.18. The zero-order valence-electron chi connectivity index (χ0n) is 9.54. The first-order valence-corrected chi connectivity index (χ1v) is 5.69. The van der Waals surface area contributed by atoms with Crippen molar-refractivity contribution >= 4 is 28.9 Å². The van der Waals surface area contributed by atoms with Crippen molar-refractivity contribution in [2.45, 2.75) is 19.7 Å². The van der Waals surface area contributed by atoms with Gasteiger partial charge in [0.15, 0.2) is 6.29 Å². The molecule has 0 unspecified atom stereocenters. The summed E-state index contributed by atoms with van der Waals surface area (Å²) < 4.78 is 5.36. The second-order valence-corrected chi connectivity index (χ2v) is 4.21. The lowest BCUT2D eigenvalue weighted by atomic mass is 10.00. The molecule has 0 aliphatic rings. The monoisotopic (exact) mass is 250 g/mol. The van der Waals surface area contributed by atoms with Crippen LogP contribution in [0.15, 0.2) is 21.5 Å². The summed E-state index contributed by atoms with van der Waals surface area (Å²) in [7, 11) is 0. The molecule has 0 radical (unpaired) electrons. The average Bonchev–Trinajstić information content (AvgIpc) is 2.33. The SMILES string of the molecule is Cc1cc2c(=O)c(C=O)coc2c(CCl)c1C. The molecule has 0 aliphatic heterocycles. The van der Waals surface area contributed by atoms with Gasteiger partial charge in [-0.3, -0.25) is 9.59 Å². The van der Waals surface area contributed by atoms with E-state index in [1.54, 1.807) is 6.07 Å². The Kier molecular flexibility index (Phi) is 3.03. The topological polar surface area (TPSA) is 47.3 Å². The molecule has 1 aromatic carbocycles. The smallest absolute Gasteiger partial charge is 0.203 e. The first-order valence-electron chi connectivity index (χ1n) is 5.16. The van der Waals surface area contributed by atoms with Gasteiger partial charge in [0.05, 0.1) is 16.8 Å². The molecule has 17 heavy (non-hydrogen) atoms. The quantitative estimate of drug-likeness (QED) is 0.608. The van der Waals surface area contributed by atoms with Crippen molar-refractivity contribution < 1.29 is 9.21 Å². The minimum absolute atomic E-state index is 0.0290. The fourth-order valence-electron chi connectivity index (χ4n) is 1.84. The fraction of sp³-hybridized carbons (Fsp3) is 0.231. The third-order valence-corrected chi connectivity index (χ3v) is 3.26. The number of aldehydes is 1. The average molecular weight is 251 g/mol. The van der Waals surface area contributed by atoms with Crippen LogP contribution in [0.4, 0.5) is 0 Å². The van der Waals surface area contributed by atoms with Crippen molar-refractivity contribution in [2.75, 3.05) is 0 Å². The van der Waals surface area contributed by atoms with E-state index in [1.807, 2.05) is 13.8 Å². The fourth-order valence-corrected chi connectivity index (χ4v) is 2.16. The molecular formula is C13H11ClO3. The molecule has 0 spiro atoms. The molecule has 3 nitrogen and oxygen atoms in total. The van der Waals surface area contributed by atoms with Crippen LogP contribution in [0, 0.1) is 13.8 Å². The van der Waals surface area contributed by atoms with E-state index < -0.39 is 0 Å². The van der Waals surface area contributed by atoms with Crippen LogP contribution in [0.3, 0.4) is 0 Å². The zero-order chi connectivity index (χ0) is 12.6. The molecule has 0 fully saturated rings. The second kappa shape index (κ2) is 4.34. The summed E-state index contributed by atoms with van der Waals surface area (Å²) in [5, 5.41) is 0.411. The van der Waals surface area contributed by atoms with Gasteiger partial charge in [0.1, 0.15) is 11.8 Å². The van der Waals surface area contributed by atoms with Crippen LogP contribution in [-0.2, 0) is 5.88 Å². The Labute approximate surface area is 103 Å². The summed E-state index contributed by atoms with van der Waals surface area (Å²) in [6, 6.07) is 1.74. The lowest BCUT2D eigenvalue weighted by Gasteiger charge is -2.09. The molecular weight excluding hydrogens is 240 g/mol. The van der Waals surface area contributed by atoms with Crippen molar-refractivity contribution in [3.63, 3.8) is 0 Å². The second-order valence-electron chi connectivity index (χ2n) is 3.95. The Morgan fingerprint density at radius 3 is 2.71 bits per heavy atom. The van der Waals surface area contributed by atoms with E-state index in [9.17, 15) is 9.59 Å². The molecule has 0 aliphatic carbocycles. The molecule has 2 aromatic rings. The van der Waals surface area contributed by atoms with Crippen LogP contribution in [0.5, 0.6) is 0 Å². The van der Waals surface area contributed by atoms with E-state index in [2.05, 4.69) is 0 Å². The Morgan fingerprint density at radius 2 is 2.12 bits per heavy atom. The number of hydrogen-bond acceptors (Lipinski definition) is 3. The maximum Gasteiger partial charge on any atom is 0.203 e. The summed E-state index contributed by atoms with van der Waals surface area (Å²) in [6.07, 6.45) is 1.68. The highest BCUT2D eigenvalue weighted by Crippen LogP contribution is 2.25. The number of fused-ring (bicyclic) bond motifs is 1. The molecule has 2 rings (SSSR count). The predicted molar refractivity (Wildman–Crippen MR) is 66.9 cm³/mol. The molecule has 88 valence electrons. The summed E-state index contributed by atoms with van der Waals surface area (Å²) in [6.45, 7) is 3.83.